The number of amides is 2. The van der Waals surface area contributed by atoms with Crippen molar-refractivity contribution < 1.29 is 14.7 Å². The Morgan fingerprint density at radius 2 is 1.61 bits per heavy atom. The summed E-state index contributed by atoms with van der Waals surface area (Å²) < 4.78 is 1.01. The molecule has 5 nitrogen and oxygen atoms in total. The lowest BCUT2D eigenvalue weighted by molar-refractivity contribution is -0.140. The molecule has 4 rings (SSSR count). The van der Waals surface area contributed by atoms with Crippen molar-refractivity contribution in [3.63, 3.8) is 0 Å². The summed E-state index contributed by atoms with van der Waals surface area (Å²) in [6.07, 6.45) is 6.47. The molecule has 1 aromatic rings. The molecule has 118 valence electrons. The maximum Gasteiger partial charge on any atom is 0.254 e. The normalized spacial score (nSPS) is 31.7. The monoisotopic (exact) mass is 438 g/mol. The molecular formula is C16H12Br2N2O3. The highest BCUT2D eigenvalue weighted by atomic mass is 79.9. The van der Waals surface area contributed by atoms with E-state index in [9.17, 15) is 14.7 Å². The highest BCUT2D eigenvalue weighted by molar-refractivity contribution is 9.11. The second-order valence-electron chi connectivity index (χ2n) is 6.07. The maximum atomic E-state index is 12.5. The number of rotatable bonds is 2. The smallest absolute Gasteiger partial charge is 0.254 e. The molecule has 1 saturated heterocycles. The van der Waals surface area contributed by atoms with E-state index in [1.54, 1.807) is 12.1 Å². The minimum absolute atomic E-state index is 0.0904. The molecule has 1 N–H and O–H groups in total. The van der Waals surface area contributed by atoms with Crippen molar-refractivity contribution in [2.45, 2.75) is 6.42 Å². The number of carbonyl (C=O) groups excluding carboxylic acids is 2. The third-order valence-electron chi connectivity index (χ3n) is 4.81. The first-order chi connectivity index (χ1) is 11.0. The lowest BCUT2D eigenvalue weighted by Crippen LogP contribution is -2.28. The number of hydrazone groups is 1. The third-order valence-corrected chi connectivity index (χ3v) is 6.02. The van der Waals surface area contributed by atoms with Crippen molar-refractivity contribution >= 4 is 49.9 Å². The molecule has 1 heterocycles. The Labute approximate surface area is 149 Å². The fraction of sp³-hybridized carbons (Fsp3) is 0.312. The van der Waals surface area contributed by atoms with Crippen LogP contribution in [-0.4, -0.2) is 28.1 Å². The summed E-state index contributed by atoms with van der Waals surface area (Å²) in [5.74, 6) is -0.444. The fourth-order valence-electron chi connectivity index (χ4n) is 3.78. The summed E-state index contributed by atoms with van der Waals surface area (Å²) in [5.41, 5.74) is 0.667. The van der Waals surface area contributed by atoms with Crippen molar-refractivity contribution in [2.75, 3.05) is 0 Å². The van der Waals surface area contributed by atoms with Gasteiger partial charge in [-0.05, 0) is 67.8 Å². The molecule has 0 radical (unpaired) electrons. The highest BCUT2D eigenvalue weighted by Crippen LogP contribution is 2.52. The van der Waals surface area contributed by atoms with Gasteiger partial charge < -0.3 is 5.11 Å². The number of phenolic OH excluding ortho intramolecular Hbond substituents is 1. The number of hydrogen-bond acceptors (Lipinski definition) is 4. The number of allylic oxidation sites excluding steroid dienone is 2. The van der Waals surface area contributed by atoms with Gasteiger partial charge in [-0.25, -0.2) is 0 Å². The van der Waals surface area contributed by atoms with Gasteiger partial charge in [-0.2, -0.15) is 10.1 Å². The standard InChI is InChI=1S/C16H12Br2N2O3/c17-10-3-7(4-11(18)14(10)21)6-19-20-15(22)12-8-1-2-9(5-8)13(12)16(20)23/h1-4,6,8-9,12-13,21H,5H2/b19-6-/t8-,9-,12+,13+/m0/s1. The summed E-state index contributed by atoms with van der Waals surface area (Å²) in [6.45, 7) is 0. The molecule has 0 aromatic heterocycles. The van der Waals surface area contributed by atoms with E-state index < -0.39 is 0 Å². The summed E-state index contributed by atoms with van der Waals surface area (Å²) >= 11 is 6.48. The molecule has 3 aliphatic rings. The number of benzene rings is 1. The Morgan fingerprint density at radius 3 is 2.13 bits per heavy atom. The minimum atomic E-state index is -0.243. The van der Waals surface area contributed by atoms with Crippen LogP contribution in [0, 0.1) is 23.7 Å². The number of fused-ring (bicyclic) bond motifs is 5. The van der Waals surface area contributed by atoms with Gasteiger partial charge in [0.05, 0.1) is 27.0 Å². The average molecular weight is 440 g/mol. The Balaban J connectivity index is 1.60. The number of nitrogens with zero attached hydrogens (tertiary/aromatic N) is 2. The Bertz CT molecular complexity index is 737. The van der Waals surface area contributed by atoms with Crippen molar-refractivity contribution in [3.05, 3.63) is 38.8 Å². The van der Waals surface area contributed by atoms with Gasteiger partial charge in [-0.3, -0.25) is 9.59 Å². The fourth-order valence-corrected chi connectivity index (χ4v) is 5.01. The Kier molecular flexibility index (Phi) is 3.46. The molecule has 1 aromatic carbocycles. The van der Waals surface area contributed by atoms with Crippen LogP contribution in [0.4, 0.5) is 0 Å². The third kappa shape index (κ3) is 2.21. The first-order valence-electron chi connectivity index (χ1n) is 7.25. The van der Waals surface area contributed by atoms with Crippen molar-refractivity contribution in [3.8, 4) is 5.75 Å². The van der Waals surface area contributed by atoms with Crippen molar-refractivity contribution in [1.82, 2.24) is 5.01 Å². The Hall–Kier alpha value is -1.47. The van der Waals surface area contributed by atoms with Crippen LogP contribution in [-0.2, 0) is 9.59 Å². The van der Waals surface area contributed by atoms with E-state index in [2.05, 4.69) is 49.1 Å². The van der Waals surface area contributed by atoms with Crippen molar-refractivity contribution in [1.29, 1.82) is 0 Å². The molecule has 7 heteroatoms. The predicted octanol–water partition coefficient (Wildman–Crippen LogP) is 3.06. The molecular weight excluding hydrogens is 428 g/mol. The molecule has 2 fully saturated rings. The van der Waals surface area contributed by atoms with E-state index >= 15 is 0 Å². The van der Waals surface area contributed by atoms with Gasteiger partial charge in [0.15, 0.2) is 0 Å². The van der Waals surface area contributed by atoms with Crippen LogP contribution in [0.15, 0.2) is 38.3 Å². The largest absolute Gasteiger partial charge is 0.506 e. The SMILES string of the molecule is O=C1[C@H]2[C@H](C(=O)N1/N=C\c1cc(Br)c(O)c(Br)c1)[C@H]1C=C[C@H]2C1. The average Bonchev–Trinajstić information content (AvgIpc) is 3.18. The van der Waals surface area contributed by atoms with E-state index in [0.717, 1.165) is 11.4 Å². The Morgan fingerprint density at radius 1 is 1.09 bits per heavy atom. The van der Waals surface area contributed by atoms with E-state index in [-0.39, 0.29) is 41.2 Å². The molecule has 4 atom stereocenters. The van der Waals surface area contributed by atoms with Gasteiger partial charge in [0.2, 0.25) is 0 Å². The van der Waals surface area contributed by atoms with E-state index in [0.29, 0.717) is 14.5 Å². The van der Waals surface area contributed by atoms with Crippen LogP contribution < -0.4 is 0 Å². The van der Waals surface area contributed by atoms with Crippen LogP contribution >= 0.6 is 31.9 Å². The van der Waals surface area contributed by atoms with Crippen LogP contribution in [0.25, 0.3) is 0 Å². The van der Waals surface area contributed by atoms with Crippen LogP contribution in [0.5, 0.6) is 5.75 Å². The second kappa shape index (κ2) is 5.27. The number of phenols is 1. The minimum Gasteiger partial charge on any atom is -0.506 e. The number of imide groups is 1. The first-order valence-corrected chi connectivity index (χ1v) is 8.84. The van der Waals surface area contributed by atoms with Crippen LogP contribution in [0.3, 0.4) is 0 Å². The number of hydrogen-bond donors (Lipinski definition) is 1. The van der Waals surface area contributed by atoms with Gasteiger partial charge >= 0.3 is 0 Å². The first kappa shape index (κ1) is 15.1. The maximum absolute atomic E-state index is 12.5. The zero-order chi connectivity index (χ0) is 16.3. The van der Waals surface area contributed by atoms with Crippen LogP contribution in [0.2, 0.25) is 0 Å². The van der Waals surface area contributed by atoms with Gasteiger partial charge in [-0.1, -0.05) is 12.2 Å². The number of aromatic hydroxyl groups is 1. The quantitative estimate of drug-likeness (QED) is 0.437. The van der Waals surface area contributed by atoms with E-state index in [1.807, 2.05) is 0 Å². The summed E-state index contributed by atoms with van der Waals surface area (Å²) in [5, 5.41) is 14.8. The topological polar surface area (TPSA) is 70.0 Å². The van der Waals surface area contributed by atoms with Gasteiger partial charge in [0.1, 0.15) is 5.75 Å². The lowest BCUT2D eigenvalue weighted by atomic mass is 9.85. The number of carbonyl (C=O) groups is 2. The lowest BCUT2D eigenvalue weighted by Gasteiger charge is -2.13. The summed E-state index contributed by atoms with van der Waals surface area (Å²) in [4.78, 5) is 25.0. The molecule has 1 saturated carbocycles. The zero-order valence-corrected chi connectivity index (χ0v) is 15.0. The molecule has 23 heavy (non-hydrogen) atoms. The van der Waals surface area contributed by atoms with Crippen molar-refractivity contribution in [2.24, 2.45) is 28.8 Å². The molecule has 2 amide bonds. The van der Waals surface area contributed by atoms with Gasteiger partial charge in [0.25, 0.3) is 11.8 Å². The zero-order valence-electron chi connectivity index (χ0n) is 11.8. The molecule has 1 aliphatic heterocycles. The second-order valence-corrected chi connectivity index (χ2v) is 7.77. The number of halogens is 2. The summed E-state index contributed by atoms with van der Waals surface area (Å²) in [7, 11) is 0. The molecule has 0 spiro atoms. The molecule has 0 unspecified atom stereocenters. The van der Waals surface area contributed by atoms with Crippen LogP contribution in [0.1, 0.15) is 12.0 Å². The predicted molar refractivity (Wildman–Crippen MR) is 90.7 cm³/mol. The van der Waals surface area contributed by atoms with E-state index in [1.165, 1.54) is 6.21 Å². The van der Waals surface area contributed by atoms with Gasteiger partial charge in [0, 0.05) is 0 Å². The molecule has 2 bridgehead atoms. The summed E-state index contributed by atoms with van der Waals surface area (Å²) in [6, 6.07) is 3.33. The van der Waals surface area contributed by atoms with E-state index in [4.69, 9.17) is 0 Å². The highest BCUT2D eigenvalue weighted by Gasteiger charge is 2.59. The molecule has 2 aliphatic carbocycles. The van der Waals surface area contributed by atoms with Gasteiger partial charge in [-0.15, -0.1) is 0 Å².